The maximum atomic E-state index is 4.38. The Morgan fingerprint density at radius 3 is 2.67 bits per heavy atom. The first kappa shape index (κ1) is 12.2. The van der Waals surface area contributed by atoms with Gasteiger partial charge in [-0.15, -0.1) is 35.7 Å². The zero-order valence-corrected chi connectivity index (χ0v) is 12.2. The summed E-state index contributed by atoms with van der Waals surface area (Å²) in [5.74, 6) is 1.03. The highest BCUT2D eigenvalue weighted by Crippen LogP contribution is 2.31. The molecule has 0 nitrogen and oxygen atoms in total. The lowest BCUT2D eigenvalue weighted by molar-refractivity contribution is 1.43. The number of thioether (sulfide) groups is 1. The van der Waals surface area contributed by atoms with Crippen molar-refractivity contribution in [3.05, 3.63) is 59.5 Å². The molecule has 0 aliphatic carbocycles. The van der Waals surface area contributed by atoms with Crippen LogP contribution in [0.4, 0.5) is 0 Å². The number of benzene rings is 2. The molecule has 0 N–H and O–H groups in total. The third-order valence-electron chi connectivity index (χ3n) is 2.68. The maximum absolute atomic E-state index is 4.38. The van der Waals surface area contributed by atoms with Crippen molar-refractivity contribution in [3.8, 4) is 0 Å². The quantitative estimate of drug-likeness (QED) is 0.491. The van der Waals surface area contributed by atoms with E-state index in [2.05, 4.69) is 67.2 Å². The fourth-order valence-corrected chi connectivity index (χ4v) is 4.04. The summed E-state index contributed by atoms with van der Waals surface area (Å²) in [5.41, 5.74) is 0. The van der Waals surface area contributed by atoms with Gasteiger partial charge in [0.25, 0.3) is 0 Å². The molecular formula is C15H12S3. The first-order chi connectivity index (χ1) is 8.81. The van der Waals surface area contributed by atoms with E-state index in [1.54, 1.807) is 0 Å². The van der Waals surface area contributed by atoms with Crippen LogP contribution >= 0.6 is 35.7 Å². The molecule has 90 valence electrons. The largest absolute Gasteiger partial charge is 0.143 e. The summed E-state index contributed by atoms with van der Waals surface area (Å²) in [4.78, 5) is 3.77. The van der Waals surface area contributed by atoms with Crippen molar-refractivity contribution in [3.63, 3.8) is 0 Å². The van der Waals surface area contributed by atoms with Gasteiger partial charge in [0.05, 0.1) is 0 Å². The monoisotopic (exact) mass is 288 g/mol. The first-order valence-corrected chi connectivity index (χ1v) is 7.95. The van der Waals surface area contributed by atoms with Crippen molar-refractivity contribution in [2.24, 2.45) is 0 Å². The van der Waals surface area contributed by atoms with E-state index in [-0.39, 0.29) is 0 Å². The van der Waals surface area contributed by atoms with Gasteiger partial charge in [-0.3, -0.25) is 0 Å². The Labute approximate surface area is 120 Å². The molecule has 0 aliphatic heterocycles. The highest BCUT2D eigenvalue weighted by Gasteiger charge is 2.03. The molecule has 18 heavy (non-hydrogen) atoms. The van der Waals surface area contributed by atoms with Crippen LogP contribution in [0.5, 0.6) is 0 Å². The number of fused-ring (bicyclic) bond motifs is 1. The second kappa shape index (κ2) is 5.39. The molecule has 0 amide bonds. The number of hydrogen-bond donors (Lipinski definition) is 1. The predicted octanol–water partition coefficient (Wildman–Crippen LogP) is 5.48. The molecule has 0 radical (unpaired) electrons. The van der Waals surface area contributed by atoms with Gasteiger partial charge in [-0.25, -0.2) is 0 Å². The molecule has 0 saturated heterocycles. The second-order valence-electron chi connectivity index (χ2n) is 4.04. The normalized spacial score (nSPS) is 10.9. The molecule has 1 heterocycles. The zero-order valence-electron chi connectivity index (χ0n) is 9.67. The van der Waals surface area contributed by atoms with E-state index < -0.39 is 0 Å². The van der Waals surface area contributed by atoms with Crippen LogP contribution in [0.1, 0.15) is 4.88 Å². The van der Waals surface area contributed by atoms with Gasteiger partial charge in [-0.2, -0.15) is 0 Å². The first-order valence-electron chi connectivity index (χ1n) is 5.70. The number of hydrogen-bond acceptors (Lipinski definition) is 3. The molecular weight excluding hydrogens is 276 g/mol. The molecule has 3 rings (SSSR count). The van der Waals surface area contributed by atoms with Gasteiger partial charge in [0.2, 0.25) is 0 Å². The average molecular weight is 288 g/mol. The molecule has 2 aromatic carbocycles. The van der Waals surface area contributed by atoms with E-state index >= 15 is 0 Å². The van der Waals surface area contributed by atoms with Crippen LogP contribution < -0.4 is 0 Å². The Hall–Kier alpha value is -0.900. The fourth-order valence-electron chi connectivity index (χ4n) is 1.83. The molecule has 3 aromatic rings. The van der Waals surface area contributed by atoms with Gasteiger partial charge in [0, 0.05) is 25.1 Å². The minimum atomic E-state index is 1.03. The van der Waals surface area contributed by atoms with Gasteiger partial charge in [-0.1, -0.05) is 18.2 Å². The fraction of sp³-hybridized carbons (Fsp3) is 0.0667. The standard InChI is InChI=1S/C15H12S3/c16-12-6-7-15-11(8-12)9-14(18-15)10-17-13-4-2-1-3-5-13/h1-9,16H,10H2. The lowest BCUT2D eigenvalue weighted by Crippen LogP contribution is -1.73. The van der Waals surface area contributed by atoms with E-state index in [0.717, 1.165) is 10.6 Å². The summed E-state index contributed by atoms with van der Waals surface area (Å²) in [6.45, 7) is 0. The van der Waals surface area contributed by atoms with E-state index in [0.29, 0.717) is 0 Å². The van der Waals surface area contributed by atoms with Crippen LogP contribution in [0.15, 0.2) is 64.4 Å². The van der Waals surface area contributed by atoms with Crippen molar-refractivity contribution in [2.45, 2.75) is 15.5 Å². The van der Waals surface area contributed by atoms with Gasteiger partial charge in [0.15, 0.2) is 0 Å². The Bertz CT molecular complexity index is 656. The summed E-state index contributed by atoms with van der Waals surface area (Å²) in [6, 6.07) is 19.1. The Kier molecular flexibility index (Phi) is 3.64. The molecule has 0 unspecified atom stereocenters. The maximum Gasteiger partial charge on any atom is 0.0346 e. The van der Waals surface area contributed by atoms with Crippen LogP contribution in [0.25, 0.3) is 10.1 Å². The van der Waals surface area contributed by atoms with Crippen molar-refractivity contribution in [1.82, 2.24) is 0 Å². The van der Waals surface area contributed by atoms with Gasteiger partial charge in [-0.05, 0) is 41.8 Å². The Morgan fingerprint density at radius 2 is 1.83 bits per heavy atom. The van der Waals surface area contributed by atoms with Crippen molar-refractivity contribution in [2.75, 3.05) is 0 Å². The van der Waals surface area contributed by atoms with E-state index in [9.17, 15) is 0 Å². The van der Waals surface area contributed by atoms with Crippen molar-refractivity contribution in [1.29, 1.82) is 0 Å². The van der Waals surface area contributed by atoms with E-state index in [1.165, 1.54) is 19.9 Å². The molecule has 0 fully saturated rings. The third kappa shape index (κ3) is 2.74. The van der Waals surface area contributed by atoms with Crippen LogP contribution in [0.2, 0.25) is 0 Å². The molecule has 1 aromatic heterocycles. The molecule has 0 saturated carbocycles. The summed E-state index contributed by atoms with van der Waals surface area (Å²) < 4.78 is 1.34. The minimum Gasteiger partial charge on any atom is -0.143 e. The Morgan fingerprint density at radius 1 is 1.00 bits per heavy atom. The summed E-state index contributed by atoms with van der Waals surface area (Å²) in [6.07, 6.45) is 0. The van der Waals surface area contributed by atoms with Crippen LogP contribution in [-0.4, -0.2) is 0 Å². The SMILES string of the molecule is Sc1ccc2sc(CSc3ccccc3)cc2c1. The summed E-state index contributed by atoms with van der Waals surface area (Å²) in [5, 5.41) is 1.30. The van der Waals surface area contributed by atoms with E-state index in [1.807, 2.05) is 23.1 Å². The highest BCUT2D eigenvalue weighted by molar-refractivity contribution is 7.98. The smallest absolute Gasteiger partial charge is 0.0346 e. The lowest BCUT2D eigenvalue weighted by atomic mass is 10.2. The number of thiol groups is 1. The molecule has 3 heteroatoms. The third-order valence-corrected chi connectivity index (χ3v) is 5.31. The van der Waals surface area contributed by atoms with Crippen LogP contribution in [0, 0.1) is 0 Å². The van der Waals surface area contributed by atoms with Crippen LogP contribution in [0.3, 0.4) is 0 Å². The van der Waals surface area contributed by atoms with Crippen molar-refractivity contribution < 1.29 is 0 Å². The van der Waals surface area contributed by atoms with Gasteiger partial charge >= 0.3 is 0 Å². The zero-order chi connectivity index (χ0) is 12.4. The van der Waals surface area contributed by atoms with Gasteiger partial charge in [0.1, 0.15) is 0 Å². The Balaban J connectivity index is 1.79. The molecule has 0 aliphatic rings. The summed E-state index contributed by atoms with van der Waals surface area (Å²) in [7, 11) is 0. The molecule has 0 atom stereocenters. The topological polar surface area (TPSA) is 0 Å². The predicted molar refractivity (Wildman–Crippen MR) is 85.1 cm³/mol. The highest BCUT2D eigenvalue weighted by atomic mass is 32.2. The average Bonchev–Trinajstić information content (AvgIpc) is 2.79. The van der Waals surface area contributed by atoms with E-state index in [4.69, 9.17) is 0 Å². The molecule has 0 spiro atoms. The number of rotatable bonds is 3. The number of thiophene rings is 1. The van der Waals surface area contributed by atoms with Crippen LogP contribution in [-0.2, 0) is 5.75 Å². The minimum absolute atomic E-state index is 1.03. The van der Waals surface area contributed by atoms with Gasteiger partial charge < -0.3 is 0 Å². The lowest BCUT2D eigenvalue weighted by Gasteiger charge is -1.97. The second-order valence-corrected chi connectivity index (χ2v) is 6.77. The summed E-state index contributed by atoms with van der Waals surface area (Å²) >= 11 is 8.13. The van der Waals surface area contributed by atoms with Crippen molar-refractivity contribution >= 4 is 45.8 Å². The molecule has 0 bridgehead atoms.